The lowest BCUT2D eigenvalue weighted by atomic mass is 10.0. The lowest BCUT2D eigenvalue weighted by molar-refractivity contribution is -0.137. The highest BCUT2D eigenvalue weighted by molar-refractivity contribution is 6.31. The Morgan fingerprint density at radius 3 is 2.59 bits per heavy atom. The van der Waals surface area contributed by atoms with Crippen molar-refractivity contribution in [3.05, 3.63) is 69.7 Å². The SMILES string of the molecule is CCCCCc1cccc(CN(CCC(=O)O)Cc2cc(C)ccc2Cl)c1. The van der Waals surface area contributed by atoms with Crippen LogP contribution in [0.25, 0.3) is 0 Å². The minimum atomic E-state index is -0.774. The number of rotatable bonds is 11. The van der Waals surface area contributed by atoms with Crippen LogP contribution in [-0.4, -0.2) is 22.5 Å². The van der Waals surface area contributed by atoms with Crippen molar-refractivity contribution in [2.75, 3.05) is 6.54 Å². The molecule has 0 fully saturated rings. The molecule has 0 saturated carbocycles. The van der Waals surface area contributed by atoms with E-state index in [0.717, 1.165) is 29.1 Å². The van der Waals surface area contributed by atoms with Crippen LogP contribution < -0.4 is 0 Å². The lowest BCUT2D eigenvalue weighted by Gasteiger charge is -2.23. The fourth-order valence-electron chi connectivity index (χ4n) is 3.25. The first-order valence-electron chi connectivity index (χ1n) is 9.75. The van der Waals surface area contributed by atoms with Gasteiger partial charge in [0.15, 0.2) is 0 Å². The molecule has 0 unspecified atom stereocenters. The van der Waals surface area contributed by atoms with Gasteiger partial charge in [-0.2, -0.15) is 0 Å². The van der Waals surface area contributed by atoms with Gasteiger partial charge in [-0.05, 0) is 42.5 Å². The van der Waals surface area contributed by atoms with Gasteiger partial charge in [-0.15, -0.1) is 0 Å². The smallest absolute Gasteiger partial charge is 0.304 e. The Kier molecular flexibility index (Phi) is 8.83. The van der Waals surface area contributed by atoms with Crippen LogP contribution in [-0.2, 0) is 24.3 Å². The van der Waals surface area contributed by atoms with E-state index < -0.39 is 5.97 Å². The van der Waals surface area contributed by atoms with Crippen LogP contribution in [0.2, 0.25) is 5.02 Å². The average Bonchev–Trinajstić information content (AvgIpc) is 2.63. The zero-order chi connectivity index (χ0) is 19.6. The number of carboxylic acids is 1. The lowest BCUT2D eigenvalue weighted by Crippen LogP contribution is -2.26. The fourth-order valence-corrected chi connectivity index (χ4v) is 3.43. The van der Waals surface area contributed by atoms with Gasteiger partial charge in [0.05, 0.1) is 6.42 Å². The Morgan fingerprint density at radius 1 is 1.07 bits per heavy atom. The molecule has 2 aromatic rings. The van der Waals surface area contributed by atoms with Gasteiger partial charge < -0.3 is 5.11 Å². The molecule has 2 rings (SSSR count). The molecule has 0 spiro atoms. The molecule has 0 aromatic heterocycles. The van der Waals surface area contributed by atoms with Crippen molar-refractivity contribution in [3.8, 4) is 0 Å². The Balaban J connectivity index is 2.10. The van der Waals surface area contributed by atoms with Crippen molar-refractivity contribution >= 4 is 17.6 Å². The van der Waals surface area contributed by atoms with E-state index in [9.17, 15) is 4.79 Å². The zero-order valence-corrected chi connectivity index (χ0v) is 17.1. The van der Waals surface area contributed by atoms with Gasteiger partial charge in [-0.1, -0.05) is 73.3 Å². The van der Waals surface area contributed by atoms with Crippen LogP contribution in [0.5, 0.6) is 0 Å². The molecule has 1 N–H and O–H groups in total. The largest absolute Gasteiger partial charge is 0.481 e. The molecule has 0 aliphatic carbocycles. The van der Waals surface area contributed by atoms with E-state index in [4.69, 9.17) is 16.7 Å². The van der Waals surface area contributed by atoms with Crippen molar-refractivity contribution in [1.82, 2.24) is 4.90 Å². The predicted molar refractivity (Wildman–Crippen MR) is 112 cm³/mol. The number of carbonyl (C=O) groups is 1. The molecule has 2 aromatic carbocycles. The van der Waals surface area contributed by atoms with Crippen LogP contribution in [0.4, 0.5) is 0 Å². The van der Waals surface area contributed by atoms with Crippen molar-refractivity contribution in [2.24, 2.45) is 0 Å². The van der Waals surface area contributed by atoms with Crippen LogP contribution in [0.15, 0.2) is 42.5 Å². The monoisotopic (exact) mass is 387 g/mol. The number of benzene rings is 2. The Hall–Kier alpha value is -1.84. The van der Waals surface area contributed by atoms with E-state index in [1.54, 1.807) is 0 Å². The van der Waals surface area contributed by atoms with Gasteiger partial charge in [-0.25, -0.2) is 0 Å². The second-order valence-electron chi connectivity index (χ2n) is 7.23. The van der Waals surface area contributed by atoms with Crippen LogP contribution in [0.1, 0.15) is 54.9 Å². The summed E-state index contributed by atoms with van der Waals surface area (Å²) in [6.07, 6.45) is 4.91. The minimum absolute atomic E-state index is 0.125. The van der Waals surface area contributed by atoms with E-state index in [2.05, 4.69) is 42.2 Å². The molecular formula is C23H30ClNO2. The number of aliphatic carboxylic acids is 1. The summed E-state index contributed by atoms with van der Waals surface area (Å²) in [5.74, 6) is -0.774. The first-order valence-corrected chi connectivity index (χ1v) is 10.1. The van der Waals surface area contributed by atoms with E-state index in [-0.39, 0.29) is 6.42 Å². The van der Waals surface area contributed by atoms with Gasteiger partial charge in [0.2, 0.25) is 0 Å². The summed E-state index contributed by atoms with van der Waals surface area (Å²) in [6, 6.07) is 14.6. The molecule has 0 amide bonds. The highest BCUT2D eigenvalue weighted by Gasteiger charge is 2.12. The first-order chi connectivity index (χ1) is 13.0. The van der Waals surface area contributed by atoms with Crippen LogP contribution >= 0.6 is 11.6 Å². The molecule has 0 bridgehead atoms. The summed E-state index contributed by atoms with van der Waals surface area (Å²) in [6.45, 7) is 6.13. The Bertz CT molecular complexity index is 745. The number of hydrogen-bond acceptors (Lipinski definition) is 2. The first kappa shape index (κ1) is 21.5. The maximum Gasteiger partial charge on any atom is 0.304 e. The highest BCUT2D eigenvalue weighted by atomic mass is 35.5. The topological polar surface area (TPSA) is 40.5 Å². The molecule has 0 heterocycles. The summed E-state index contributed by atoms with van der Waals surface area (Å²) in [5.41, 5.74) is 4.78. The zero-order valence-electron chi connectivity index (χ0n) is 16.4. The standard InChI is InChI=1S/C23H30ClNO2/c1-3-4-5-7-19-8-6-9-20(15-19)16-25(13-12-23(26)27)17-21-14-18(2)10-11-22(21)24/h6,8-11,14-15H,3-5,7,12-13,16-17H2,1-2H3,(H,26,27). The molecular weight excluding hydrogens is 358 g/mol. The number of nitrogens with zero attached hydrogens (tertiary/aromatic N) is 1. The van der Waals surface area contributed by atoms with Crippen molar-refractivity contribution < 1.29 is 9.90 Å². The second-order valence-corrected chi connectivity index (χ2v) is 7.63. The number of aryl methyl sites for hydroxylation is 2. The third-order valence-electron chi connectivity index (χ3n) is 4.70. The summed E-state index contributed by atoms with van der Waals surface area (Å²) >= 11 is 6.36. The summed E-state index contributed by atoms with van der Waals surface area (Å²) in [7, 11) is 0. The van der Waals surface area contributed by atoms with Gasteiger partial charge in [0, 0.05) is 24.7 Å². The summed E-state index contributed by atoms with van der Waals surface area (Å²) in [4.78, 5) is 13.2. The molecule has 3 nitrogen and oxygen atoms in total. The molecule has 0 radical (unpaired) electrons. The van der Waals surface area contributed by atoms with Crippen LogP contribution in [0, 0.1) is 6.92 Å². The van der Waals surface area contributed by atoms with Gasteiger partial charge >= 0.3 is 5.97 Å². The maximum atomic E-state index is 11.1. The van der Waals surface area contributed by atoms with Gasteiger partial charge in [0.25, 0.3) is 0 Å². The van der Waals surface area contributed by atoms with Crippen molar-refractivity contribution in [3.63, 3.8) is 0 Å². The van der Waals surface area contributed by atoms with Gasteiger partial charge in [0.1, 0.15) is 0 Å². The fraction of sp³-hybridized carbons (Fsp3) is 0.435. The molecule has 4 heteroatoms. The highest BCUT2D eigenvalue weighted by Crippen LogP contribution is 2.21. The number of carboxylic acid groups (broad SMARTS) is 1. The van der Waals surface area contributed by atoms with E-state index in [0.29, 0.717) is 13.1 Å². The number of hydrogen-bond donors (Lipinski definition) is 1. The third kappa shape index (κ3) is 7.74. The van der Waals surface area contributed by atoms with Gasteiger partial charge in [-0.3, -0.25) is 9.69 Å². The van der Waals surface area contributed by atoms with Crippen LogP contribution in [0.3, 0.4) is 0 Å². The van der Waals surface area contributed by atoms with Crippen molar-refractivity contribution in [2.45, 2.75) is 59.0 Å². The molecule has 27 heavy (non-hydrogen) atoms. The summed E-state index contributed by atoms with van der Waals surface area (Å²) < 4.78 is 0. The summed E-state index contributed by atoms with van der Waals surface area (Å²) in [5, 5.41) is 9.84. The van der Waals surface area contributed by atoms with Crippen molar-refractivity contribution in [1.29, 1.82) is 0 Å². The van der Waals surface area contributed by atoms with E-state index >= 15 is 0 Å². The van der Waals surface area contributed by atoms with E-state index in [1.165, 1.54) is 30.4 Å². The normalized spacial score (nSPS) is 11.1. The third-order valence-corrected chi connectivity index (χ3v) is 5.07. The quantitative estimate of drug-likeness (QED) is 0.491. The maximum absolute atomic E-state index is 11.1. The molecule has 0 saturated heterocycles. The molecule has 0 aliphatic heterocycles. The minimum Gasteiger partial charge on any atom is -0.481 e. The molecule has 0 atom stereocenters. The molecule has 0 aliphatic rings. The Labute approximate surface area is 168 Å². The molecule has 146 valence electrons. The average molecular weight is 388 g/mol. The van der Waals surface area contributed by atoms with E-state index in [1.807, 2.05) is 19.1 Å². The number of halogens is 1. The second kappa shape index (κ2) is 11.1. The predicted octanol–water partition coefficient (Wildman–Crippen LogP) is 5.86. The number of unbranched alkanes of at least 4 members (excludes halogenated alkanes) is 2. The Morgan fingerprint density at radius 2 is 1.85 bits per heavy atom.